The van der Waals surface area contributed by atoms with Crippen molar-refractivity contribution in [1.82, 2.24) is 10.3 Å². The van der Waals surface area contributed by atoms with E-state index in [-0.39, 0.29) is 17.3 Å². The van der Waals surface area contributed by atoms with Crippen LogP contribution in [0.1, 0.15) is 21.5 Å². The lowest BCUT2D eigenvalue weighted by Crippen LogP contribution is -2.26. The Bertz CT molecular complexity index is 1390. The first-order chi connectivity index (χ1) is 15.9. The molecule has 164 valence electrons. The van der Waals surface area contributed by atoms with Gasteiger partial charge in [0.25, 0.3) is 5.91 Å². The molecule has 33 heavy (non-hydrogen) atoms. The normalized spacial score (nSPS) is 11.8. The van der Waals surface area contributed by atoms with Crippen LogP contribution < -0.4 is 5.32 Å². The second-order valence-electron chi connectivity index (χ2n) is 7.29. The summed E-state index contributed by atoms with van der Waals surface area (Å²) in [7, 11) is 0. The van der Waals surface area contributed by atoms with Crippen molar-refractivity contribution in [1.29, 1.82) is 0 Å². The number of aromatic nitrogens is 1. The van der Waals surface area contributed by atoms with Crippen LogP contribution in [0.15, 0.2) is 93.2 Å². The average molecular weight is 503 g/mol. The van der Waals surface area contributed by atoms with Gasteiger partial charge in [-0.15, -0.1) is 10.2 Å². The molecule has 0 aliphatic carbocycles. The maximum Gasteiger partial charge on any atom is 0.311 e. The van der Waals surface area contributed by atoms with Crippen molar-refractivity contribution in [2.24, 2.45) is 10.2 Å². The number of aryl methyl sites for hydroxylation is 1. The van der Waals surface area contributed by atoms with Gasteiger partial charge < -0.3 is 15.4 Å². The molecule has 0 radical (unpaired) electrons. The highest BCUT2D eigenvalue weighted by Gasteiger charge is 2.17. The van der Waals surface area contributed by atoms with Crippen molar-refractivity contribution in [3.05, 3.63) is 99.7 Å². The van der Waals surface area contributed by atoms with Gasteiger partial charge in [0.15, 0.2) is 5.69 Å². The van der Waals surface area contributed by atoms with Crippen LogP contribution in [-0.4, -0.2) is 21.9 Å². The molecular weight excluding hydrogens is 484 g/mol. The van der Waals surface area contributed by atoms with E-state index >= 15 is 0 Å². The smallest absolute Gasteiger partial charge is 0.311 e. The third-order valence-electron chi connectivity index (χ3n) is 4.82. The quantitative estimate of drug-likeness (QED) is 0.229. The molecule has 4 rings (SSSR count). The Morgan fingerprint density at radius 3 is 2.39 bits per heavy atom. The second-order valence-corrected chi connectivity index (χ2v) is 8.14. The number of aromatic amines is 1. The number of amides is 2. The van der Waals surface area contributed by atoms with Gasteiger partial charge in [-0.2, -0.15) is 0 Å². The molecule has 2 amide bonds. The molecule has 0 atom stereocenters. The summed E-state index contributed by atoms with van der Waals surface area (Å²) in [5, 5.41) is 21.3. The summed E-state index contributed by atoms with van der Waals surface area (Å²) in [4.78, 5) is 28.4. The Hall–Kier alpha value is -4.04. The molecule has 4 aromatic rings. The maximum absolute atomic E-state index is 12.9. The molecule has 0 bridgehead atoms. The standard InChI is InChI=1S/C25H19BrN4O3/c1-15-12-18-21(19(26)13-15)28-25(33)22(18)29-30-24(32)20(14-16-8-4-2-5-9-16)27-23(31)17-10-6-3-7-11-17/h2-14,28,33H,1H3,(H,27,31). The molecule has 0 fully saturated rings. The lowest BCUT2D eigenvalue weighted by atomic mass is 10.1. The van der Waals surface area contributed by atoms with E-state index < -0.39 is 11.8 Å². The van der Waals surface area contributed by atoms with Crippen LogP contribution in [0.4, 0.5) is 5.69 Å². The van der Waals surface area contributed by atoms with Crippen LogP contribution in [0.3, 0.4) is 0 Å². The van der Waals surface area contributed by atoms with Crippen molar-refractivity contribution in [2.45, 2.75) is 6.92 Å². The SMILES string of the molecule is Cc1cc(Br)c2[nH]c(O)c(N=NC(=O)C(=Cc3ccccc3)NC(=O)c3ccccc3)c2c1. The van der Waals surface area contributed by atoms with E-state index in [4.69, 9.17) is 0 Å². The zero-order valence-corrected chi connectivity index (χ0v) is 19.1. The van der Waals surface area contributed by atoms with Gasteiger partial charge in [-0.3, -0.25) is 9.59 Å². The number of rotatable bonds is 5. The first kappa shape index (κ1) is 22.2. The van der Waals surface area contributed by atoms with Gasteiger partial charge in [0.2, 0.25) is 5.88 Å². The Kier molecular flexibility index (Phi) is 6.46. The number of carbonyl (C=O) groups excluding carboxylic acids is 2. The molecule has 0 aliphatic rings. The number of hydrogen-bond acceptors (Lipinski definition) is 4. The van der Waals surface area contributed by atoms with Gasteiger partial charge in [0.1, 0.15) is 5.70 Å². The minimum Gasteiger partial charge on any atom is -0.493 e. The Morgan fingerprint density at radius 2 is 1.70 bits per heavy atom. The van der Waals surface area contributed by atoms with Gasteiger partial charge in [-0.05, 0) is 64.3 Å². The van der Waals surface area contributed by atoms with E-state index in [1.807, 2.05) is 37.3 Å². The summed E-state index contributed by atoms with van der Waals surface area (Å²) in [5.41, 5.74) is 2.77. The first-order valence-corrected chi connectivity index (χ1v) is 10.8. The molecule has 0 unspecified atom stereocenters. The van der Waals surface area contributed by atoms with Crippen LogP contribution >= 0.6 is 15.9 Å². The monoisotopic (exact) mass is 502 g/mol. The molecular formula is C25H19BrN4O3. The molecule has 1 aromatic heterocycles. The van der Waals surface area contributed by atoms with Gasteiger partial charge in [0.05, 0.1) is 5.52 Å². The van der Waals surface area contributed by atoms with Crippen molar-refractivity contribution < 1.29 is 14.7 Å². The highest BCUT2D eigenvalue weighted by atomic mass is 79.9. The van der Waals surface area contributed by atoms with Gasteiger partial charge in [-0.25, -0.2) is 0 Å². The van der Waals surface area contributed by atoms with E-state index in [0.717, 1.165) is 10.0 Å². The zero-order chi connectivity index (χ0) is 23.4. The summed E-state index contributed by atoms with van der Waals surface area (Å²) in [5.74, 6) is -1.42. The minimum absolute atomic E-state index is 0.0458. The Balaban J connectivity index is 1.68. The molecule has 0 saturated heterocycles. The highest BCUT2D eigenvalue weighted by molar-refractivity contribution is 9.10. The molecule has 0 aliphatic heterocycles. The van der Waals surface area contributed by atoms with Crippen LogP contribution in [0.25, 0.3) is 17.0 Å². The number of nitrogens with zero attached hydrogens (tertiary/aromatic N) is 2. The van der Waals surface area contributed by atoms with E-state index in [1.54, 1.807) is 42.5 Å². The fraction of sp³-hybridized carbons (Fsp3) is 0.0400. The lowest BCUT2D eigenvalue weighted by Gasteiger charge is -2.07. The number of carbonyl (C=O) groups is 2. The third kappa shape index (κ3) is 5.07. The van der Waals surface area contributed by atoms with Crippen molar-refractivity contribution in [3.63, 3.8) is 0 Å². The molecule has 0 saturated carbocycles. The number of benzene rings is 3. The second kappa shape index (κ2) is 9.62. The summed E-state index contributed by atoms with van der Waals surface area (Å²) in [6, 6.07) is 21.3. The number of azo groups is 1. The molecule has 3 N–H and O–H groups in total. The molecule has 0 spiro atoms. The number of nitrogens with one attached hydrogen (secondary N) is 2. The van der Waals surface area contributed by atoms with E-state index in [2.05, 4.69) is 36.5 Å². The van der Waals surface area contributed by atoms with Crippen LogP contribution in [0.2, 0.25) is 0 Å². The molecule has 3 aromatic carbocycles. The molecule has 1 heterocycles. The summed E-state index contributed by atoms with van der Waals surface area (Å²) >= 11 is 3.45. The van der Waals surface area contributed by atoms with E-state index in [1.165, 1.54) is 6.08 Å². The summed E-state index contributed by atoms with van der Waals surface area (Å²) in [6.45, 7) is 1.90. The molecule has 7 nitrogen and oxygen atoms in total. The van der Waals surface area contributed by atoms with Gasteiger partial charge in [0, 0.05) is 15.4 Å². The topological polar surface area (TPSA) is 107 Å². The van der Waals surface area contributed by atoms with Crippen LogP contribution in [0.5, 0.6) is 5.88 Å². The Labute approximate surface area is 198 Å². The summed E-state index contributed by atoms with van der Waals surface area (Å²) in [6.07, 6.45) is 1.53. The van der Waals surface area contributed by atoms with Gasteiger partial charge in [-0.1, -0.05) is 48.5 Å². The van der Waals surface area contributed by atoms with Crippen molar-refractivity contribution in [2.75, 3.05) is 0 Å². The fourth-order valence-corrected chi connectivity index (χ4v) is 3.94. The fourth-order valence-electron chi connectivity index (χ4n) is 3.26. The van der Waals surface area contributed by atoms with Crippen LogP contribution in [0, 0.1) is 6.92 Å². The predicted molar refractivity (Wildman–Crippen MR) is 130 cm³/mol. The first-order valence-electron chi connectivity index (χ1n) is 10.0. The number of halogens is 1. The lowest BCUT2D eigenvalue weighted by molar-refractivity contribution is -0.115. The summed E-state index contributed by atoms with van der Waals surface area (Å²) < 4.78 is 0.750. The average Bonchev–Trinajstić information content (AvgIpc) is 3.13. The number of aromatic hydroxyl groups is 1. The minimum atomic E-state index is -0.761. The van der Waals surface area contributed by atoms with E-state index in [0.29, 0.717) is 22.0 Å². The van der Waals surface area contributed by atoms with Crippen molar-refractivity contribution >= 4 is 50.4 Å². The third-order valence-corrected chi connectivity index (χ3v) is 5.45. The number of H-pyrrole nitrogens is 1. The number of fused-ring (bicyclic) bond motifs is 1. The largest absolute Gasteiger partial charge is 0.493 e. The van der Waals surface area contributed by atoms with Gasteiger partial charge >= 0.3 is 5.91 Å². The number of hydrogen-bond donors (Lipinski definition) is 3. The molecule has 8 heteroatoms. The maximum atomic E-state index is 12.9. The highest BCUT2D eigenvalue weighted by Crippen LogP contribution is 2.39. The Morgan fingerprint density at radius 1 is 1.03 bits per heavy atom. The van der Waals surface area contributed by atoms with Crippen LogP contribution in [-0.2, 0) is 4.79 Å². The van der Waals surface area contributed by atoms with E-state index in [9.17, 15) is 14.7 Å². The zero-order valence-electron chi connectivity index (χ0n) is 17.5. The van der Waals surface area contributed by atoms with Crippen molar-refractivity contribution in [3.8, 4) is 5.88 Å². The predicted octanol–water partition coefficient (Wildman–Crippen LogP) is 6.03.